The van der Waals surface area contributed by atoms with Gasteiger partial charge in [-0.3, -0.25) is 0 Å². The van der Waals surface area contributed by atoms with Crippen LogP contribution in [0.4, 0.5) is 9.18 Å². The lowest BCUT2D eigenvalue weighted by Crippen LogP contribution is -2.36. The van der Waals surface area contributed by atoms with Crippen LogP contribution in [0.3, 0.4) is 0 Å². The Morgan fingerprint density at radius 1 is 1.24 bits per heavy atom. The minimum Gasteiger partial charge on any atom is -0.459 e. The maximum atomic E-state index is 13.5. The molecule has 0 aliphatic rings. The Balaban J connectivity index is 1.36. The van der Waals surface area contributed by atoms with Crippen LogP contribution in [-0.2, 0) is 6.54 Å². The number of furan rings is 1. The van der Waals surface area contributed by atoms with E-state index < -0.39 is 0 Å². The molecule has 29 heavy (non-hydrogen) atoms. The number of aromatic nitrogens is 2. The normalized spacial score (nSPS) is 12.1. The third kappa shape index (κ3) is 3.99. The van der Waals surface area contributed by atoms with Crippen LogP contribution in [-0.4, -0.2) is 15.6 Å². The summed E-state index contributed by atoms with van der Waals surface area (Å²) in [4.78, 5) is 16.3. The molecular weight excluding hydrogens is 371 g/mol. The fraction of sp³-hybridized carbons (Fsp3) is 0.182. The second-order valence-corrected chi connectivity index (χ2v) is 6.92. The average molecular weight is 392 g/mol. The molecule has 1 atom stereocenters. The van der Waals surface area contributed by atoms with E-state index >= 15 is 0 Å². The zero-order valence-corrected chi connectivity index (χ0v) is 16.1. The SMILES string of the molecule is Cc1c(C(C)NC(=O)NCc2ccc(-n3ccnc3)cc2)oc2ccc(F)cc12. The fourth-order valence-corrected chi connectivity index (χ4v) is 3.32. The third-order valence-electron chi connectivity index (χ3n) is 4.87. The lowest BCUT2D eigenvalue weighted by Gasteiger charge is -2.14. The minimum absolute atomic E-state index is 0.303. The summed E-state index contributed by atoms with van der Waals surface area (Å²) in [6, 6.07) is 11.6. The molecule has 1 unspecified atom stereocenters. The van der Waals surface area contributed by atoms with Crippen molar-refractivity contribution in [1.29, 1.82) is 0 Å². The van der Waals surface area contributed by atoms with Crippen LogP contribution in [0.5, 0.6) is 0 Å². The number of halogens is 1. The molecule has 6 nitrogen and oxygen atoms in total. The number of hydrogen-bond donors (Lipinski definition) is 2. The molecule has 2 aromatic carbocycles. The van der Waals surface area contributed by atoms with Crippen molar-refractivity contribution in [2.24, 2.45) is 0 Å². The Morgan fingerprint density at radius 2 is 2.03 bits per heavy atom. The van der Waals surface area contributed by atoms with Gasteiger partial charge in [0.1, 0.15) is 17.2 Å². The van der Waals surface area contributed by atoms with Gasteiger partial charge in [0.25, 0.3) is 0 Å². The van der Waals surface area contributed by atoms with Gasteiger partial charge in [0, 0.05) is 35.6 Å². The van der Waals surface area contributed by atoms with E-state index in [4.69, 9.17) is 4.42 Å². The first-order valence-corrected chi connectivity index (χ1v) is 9.31. The van der Waals surface area contributed by atoms with Gasteiger partial charge in [-0.05, 0) is 49.7 Å². The molecule has 0 saturated carbocycles. The summed E-state index contributed by atoms with van der Waals surface area (Å²) in [7, 11) is 0. The van der Waals surface area contributed by atoms with Crippen molar-refractivity contribution >= 4 is 17.0 Å². The maximum absolute atomic E-state index is 13.5. The summed E-state index contributed by atoms with van der Waals surface area (Å²) in [5, 5.41) is 6.43. The van der Waals surface area contributed by atoms with Crippen LogP contribution in [0.25, 0.3) is 16.7 Å². The third-order valence-corrected chi connectivity index (χ3v) is 4.87. The lowest BCUT2D eigenvalue weighted by molar-refractivity contribution is 0.236. The number of carbonyl (C=O) groups excluding carboxylic acids is 1. The molecule has 4 aromatic rings. The number of imidazole rings is 1. The number of carbonyl (C=O) groups is 1. The van der Waals surface area contributed by atoms with Crippen molar-refractivity contribution in [2.45, 2.75) is 26.4 Å². The van der Waals surface area contributed by atoms with Crippen LogP contribution < -0.4 is 10.6 Å². The quantitative estimate of drug-likeness (QED) is 0.520. The van der Waals surface area contributed by atoms with Crippen molar-refractivity contribution in [3.8, 4) is 5.69 Å². The first-order chi connectivity index (χ1) is 14.0. The van der Waals surface area contributed by atoms with Crippen molar-refractivity contribution in [3.05, 3.63) is 83.9 Å². The highest BCUT2D eigenvalue weighted by atomic mass is 19.1. The Kier molecular flexibility index (Phi) is 5.03. The number of benzene rings is 2. The van der Waals surface area contributed by atoms with Crippen molar-refractivity contribution < 1.29 is 13.6 Å². The number of nitrogens with one attached hydrogen (secondary N) is 2. The van der Waals surface area contributed by atoms with Gasteiger partial charge in [-0.1, -0.05) is 12.1 Å². The predicted molar refractivity (Wildman–Crippen MR) is 108 cm³/mol. The first kappa shape index (κ1) is 18.7. The van der Waals surface area contributed by atoms with E-state index in [-0.39, 0.29) is 17.9 Å². The smallest absolute Gasteiger partial charge is 0.315 e. The molecule has 0 aliphatic heterocycles. The van der Waals surface area contributed by atoms with E-state index in [1.165, 1.54) is 12.1 Å². The van der Waals surface area contributed by atoms with E-state index in [9.17, 15) is 9.18 Å². The molecular formula is C22H21FN4O2. The summed E-state index contributed by atoms with van der Waals surface area (Å²) in [6.45, 7) is 4.09. The van der Waals surface area contributed by atoms with Crippen LogP contribution in [0.15, 0.2) is 65.6 Å². The summed E-state index contributed by atoms with van der Waals surface area (Å²) >= 11 is 0. The van der Waals surface area contributed by atoms with Crippen LogP contribution in [0, 0.1) is 12.7 Å². The topological polar surface area (TPSA) is 72.1 Å². The summed E-state index contributed by atoms with van der Waals surface area (Å²) in [6.07, 6.45) is 5.33. The van der Waals surface area contributed by atoms with E-state index in [1.54, 1.807) is 18.6 Å². The second-order valence-electron chi connectivity index (χ2n) is 6.92. The molecule has 2 N–H and O–H groups in total. The number of nitrogens with zero attached hydrogens (tertiary/aromatic N) is 2. The molecule has 7 heteroatoms. The van der Waals surface area contributed by atoms with Gasteiger partial charge in [0.05, 0.1) is 12.4 Å². The number of rotatable bonds is 5. The number of amides is 2. The molecule has 0 bridgehead atoms. The van der Waals surface area contributed by atoms with Gasteiger partial charge < -0.3 is 19.6 Å². The number of hydrogen-bond acceptors (Lipinski definition) is 3. The number of aryl methyl sites for hydroxylation is 1. The minimum atomic E-state index is -0.353. The van der Waals surface area contributed by atoms with Gasteiger partial charge in [-0.2, -0.15) is 0 Å². The van der Waals surface area contributed by atoms with E-state index in [1.807, 2.05) is 48.9 Å². The summed E-state index contributed by atoms with van der Waals surface area (Å²) in [5.41, 5.74) is 3.40. The Hall–Kier alpha value is -3.61. The van der Waals surface area contributed by atoms with E-state index in [2.05, 4.69) is 15.6 Å². The highest BCUT2D eigenvalue weighted by Crippen LogP contribution is 2.29. The largest absolute Gasteiger partial charge is 0.459 e. The molecule has 0 aliphatic carbocycles. The molecule has 0 fully saturated rings. The molecule has 4 rings (SSSR count). The van der Waals surface area contributed by atoms with Crippen LogP contribution in [0.1, 0.15) is 29.9 Å². The molecule has 148 valence electrons. The van der Waals surface area contributed by atoms with Crippen molar-refractivity contribution in [3.63, 3.8) is 0 Å². The van der Waals surface area contributed by atoms with Crippen LogP contribution in [0.2, 0.25) is 0 Å². The molecule has 0 radical (unpaired) electrons. The Labute approximate surface area is 167 Å². The lowest BCUT2D eigenvalue weighted by atomic mass is 10.1. The van der Waals surface area contributed by atoms with Gasteiger partial charge in [0.15, 0.2) is 0 Å². The Morgan fingerprint density at radius 3 is 2.76 bits per heavy atom. The van der Waals surface area contributed by atoms with Gasteiger partial charge in [-0.15, -0.1) is 0 Å². The van der Waals surface area contributed by atoms with Gasteiger partial charge in [0.2, 0.25) is 0 Å². The fourth-order valence-electron chi connectivity index (χ4n) is 3.32. The number of fused-ring (bicyclic) bond motifs is 1. The zero-order valence-electron chi connectivity index (χ0n) is 16.1. The van der Waals surface area contributed by atoms with E-state index in [0.29, 0.717) is 23.3 Å². The molecule has 2 heterocycles. The van der Waals surface area contributed by atoms with Crippen LogP contribution >= 0.6 is 0 Å². The second kappa shape index (κ2) is 7.79. The highest BCUT2D eigenvalue weighted by Gasteiger charge is 2.18. The van der Waals surface area contributed by atoms with Crippen molar-refractivity contribution in [2.75, 3.05) is 0 Å². The van der Waals surface area contributed by atoms with E-state index in [0.717, 1.165) is 16.8 Å². The van der Waals surface area contributed by atoms with Gasteiger partial charge >= 0.3 is 6.03 Å². The average Bonchev–Trinajstić information content (AvgIpc) is 3.36. The molecule has 2 amide bonds. The van der Waals surface area contributed by atoms with Gasteiger partial charge in [-0.25, -0.2) is 14.2 Å². The zero-order chi connectivity index (χ0) is 20.4. The summed E-state index contributed by atoms with van der Waals surface area (Å²) < 4.78 is 21.2. The predicted octanol–water partition coefficient (Wildman–Crippen LogP) is 4.63. The highest BCUT2D eigenvalue weighted by molar-refractivity contribution is 5.82. The standard InChI is InChI=1S/C22H21FN4O2/c1-14-19-11-17(23)5-8-20(19)29-21(14)15(2)26-22(28)25-12-16-3-6-18(7-4-16)27-10-9-24-13-27/h3-11,13,15H,12H2,1-2H3,(H2,25,26,28). The Bertz CT molecular complexity index is 1130. The first-order valence-electron chi connectivity index (χ1n) is 9.31. The molecule has 2 aromatic heterocycles. The monoisotopic (exact) mass is 392 g/mol. The molecule has 0 saturated heterocycles. The molecule has 0 spiro atoms. The maximum Gasteiger partial charge on any atom is 0.315 e. The van der Waals surface area contributed by atoms with Crippen molar-refractivity contribution in [1.82, 2.24) is 20.2 Å². The summed E-state index contributed by atoms with van der Waals surface area (Å²) in [5.74, 6) is 0.302. The number of urea groups is 1.